The number of anilines is 1. The van der Waals surface area contributed by atoms with Gasteiger partial charge in [-0.1, -0.05) is 12.1 Å². The van der Waals surface area contributed by atoms with Crippen molar-refractivity contribution in [2.24, 2.45) is 0 Å². The van der Waals surface area contributed by atoms with Crippen molar-refractivity contribution < 1.29 is 13.9 Å². The molecule has 0 spiro atoms. The van der Waals surface area contributed by atoms with E-state index in [9.17, 15) is 14.4 Å². The van der Waals surface area contributed by atoms with Crippen molar-refractivity contribution in [3.63, 3.8) is 0 Å². The van der Waals surface area contributed by atoms with E-state index < -0.39 is 17.1 Å². The molecular weight excluding hydrogens is 314 g/mol. The molecule has 0 fully saturated rings. The Bertz CT molecular complexity index is 1020. The second-order valence-corrected chi connectivity index (χ2v) is 4.78. The van der Waals surface area contributed by atoms with Gasteiger partial charge in [0.25, 0.3) is 5.56 Å². The van der Waals surface area contributed by atoms with E-state index in [1.165, 1.54) is 6.07 Å². The molecule has 122 valence electrons. The number of nitrogens with one attached hydrogen (secondary N) is 2. The van der Waals surface area contributed by atoms with Crippen LogP contribution in [-0.2, 0) is 4.74 Å². The minimum Gasteiger partial charge on any atom is -0.450 e. The van der Waals surface area contributed by atoms with E-state index in [1.54, 1.807) is 31.2 Å². The summed E-state index contributed by atoms with van der Waals surface area (Å²) in [5.74, 6) is 0.137. The van der Waals surface area contributed by atoms with Gasteiger partial charge in [0.1, 0.15) is 5.76 Å². The highest BCUT2D eigenvalue weighted by atomic mass is 16.5. The van der Waals surface area contributed by atoms with E-state index in [4.69, 9.17) is 9.15 Å². The van der Waals surface area contributed by atoms with Gasteiger partial charge in [0.2, 0.25) is 11.0 Å². The molecule has 0 saturated heterocycles. The van der Waals surface area contributed by atoms with Crippen molar-refractivity contribution in [1.29, 1.82) is 0 Å². The van der Waals surface area contributed by atoms with Crippen LogP contribution in [0, 0.1) is 0 Å². The monoisotopic (exact) mass is 327 g/mol. The van der Waals surface area contributed by atoms with E-state index in [0.717, 1.165) is 6.33 Å². The van der Waals surface area contributed by atoms with Crippen LogP contribution in [0.1, 0.15) is 6.92 Å². The van der Waals surface area contributed by atoms with Crippen LogP contribution >= 0.6 is 0 Å². The van der Waals surface area contributed by atoms with Crippen molar-refractivity contribution in [2.75, 3.05) is 11.9 Å². The highest BCUT2D eigenvalue weighted by Crippen LogP contribution is 2.28. The Kier molecular flexibility index (Phi) is 4.11. The largest absolute Gasteiger partial charge is 0.450 e. The molecule has 3 rings (SSSR count). The normalized spacial score (nSPS) is 10.5. The zero-order valence-corrected chi connectivity index (χ0v) is 12.7. The number of fused-ring (bicyclic) bond motifs is 1. The third-order valence-corrected chi connectivity index (χ3v) is 3.22. The smallest absolute Gasteiger partial charge is 0.411 e. The average molecular weight is 327 g/mol. The van der Waals surface area contributed by atoms with Gasteiger partial charge in [0.05, 0.1) is 18.6 Å². The predicted molar refractivity (Wildman–Crippen MR) is 87.0 cm³/mol. The number of hydrogen-bond acceptors (Lipinski definition) is 6. The van der Waals surface area contributed by atoms with Crippen LogP contribution in [0.25, 0.3) is 22.4 Å². The topological polar surface area (TPSA) is 114 Å². The molecule has 2 heterocycles. The first-order valence-corrected chi connectivity index (χ1v) is 7.15. The molecule has 8 nitrogen and oxygen atoms in total. The summed E-state index contributed by atoms with van der Waals surface area (Å²) in [6, 6.07) is 7.92. The first-order valence-electron chi connectivity index (χ1n) is 7.15. The summed E-state index contributed by atoms with van der Waals surface area (Å²) < 4.78 is 10.4. The van der Waals surface area contributed by atoms with Gasteiger partial charge in [-0.3, -0.25) is 14.9 Å². The highest BCUT2D eigenvalue weighted by Gasteiger charge is 2.14. The molecule has 0 aliphatic heterocycles. The number of aromatic nitrogens is 2. The Hall–Kier alpha value is -3.42. The Morgan fingerprint density at radius 3 is 2.92 bits per heavy atom. The van der Waals surface area contributed by atoms with Crippen LogP contribution < -0.4 is 16.3 Å². The maximum Gasteiger partial charge on any atom is 0.411 e. The van der Waals surface area contributed by atoms with Crippen LogP contribution in [0.2, 0.25) is 0 Å². The molecule has 0 aliphatic carbocycles. The maximum absolute atomic E-state index is 12.2. The second-order valence-electron chi connectivity index (χ2n) is 4.78. The lowest BCUT2D eigenvalue weighted by molar-refractivity contribution is 0.168. The summed E-state index contributed by atoms with van der Waals surface area (Å²) in [5, 5.41) is 2.57. The van der Waals surface area contributed by atoms with Gasteiger partial charge in [-0.05, 0) is 19.1 Å². The van der Waals surface area contributed by atoms with Gasteiger partial charge in [0.15, 0.2) is 5.52 Å². The van der Waals surface area contributed by atoms with Crippen LogP contribution in [-0.4, -0.2) is 22.7 Å². The average Bonchev–Trinajstić information content (AvgIpc) is 2.56. The summed E-state index contributed by atoms with van der Waals surface area (Å²) in [7, 11) is 0. The molecular formula is C16H13N3O5. The number of nitrogens with zero attached hydrogens (tertiary/aromatic N) is 1. The van der Waals surface area contributed by atoms with Crippen molar-refractivity contribution in [3.05, 3.63) is 57.2 Å². The van der Waals surface area contributed by atoms with Crippen molar-refractivity contribution in [2.45, 2.75) is 6.92 Å². The molecule has 0 radical (unpaired) electrons. The fraction of sp³-hybridized carbons (Fsp3) is 0.125. The minimum absolute atomic E-state index is 0.0571. The molecule has 0 saturated carbocycles. The first-order chi connectivity index (χ1) is 11.6. The fourth-order valence-corrected chi connectivity index (χ4v) is 2.20. The van der Waals surface area contributed by atoms with Crippen molar-refractivity contribution in [3.8, 4) is 11.3 Å². The Morgan fingerprint density at radius 1 is 1.33 bits per heavy atom. The number of hydrogen-bond donors (Lipinski definition) is 2. The third-order valence-electron chi connectivity index (χ3n) is 3.22. The summed E-state index contributed by atoms with van der Waals surface area (Å²) in [6.07, 6.45) is 0.505. The molecule has 24 heavy (non-hydrogen) atoms. The number of rotatable bonds is 3. The molecule has 0 aliphatic rings. The maximum atomic E-state index is 12.2. The van der Waals surface area contributed by atoms with Gasteiger partial charge < -0.3 is 14.1 Å². The molecule has 0 bridgehead atoms. The number of carbonyl (C=O) groups is 1. The zero-order chi connectivity index (χ0) is 17.1. The molecule has 8 heteroatoms. The zero-order valence-electron chi connectivity index (χ0n) is 12.7. The number of carbonyl (C=O) groups excluding carboxylic acids is 1. The molecule has 1 aromatic carbocycles. The van der Waals surface area contributed by atoms with E-state index in [-0.39, 0.29) is 23.5 Å². The van der Waals surface area contributed by atoms with E-state index in [0.29, 0.717) is 11.3 Å². The lowest BCUT2D eigenvalue weighted by Gasteiger charge is -2.10. The lowest BCUT2D eigenvalue weighted by Crippen LogP contribution is -2.15. The standard InChI is InChI=1S/C16H13N3O5/c1-2-23-16(22)19-10-6-4-3-5-9(10)12-7-11(20)13-14(24-12)15(21)18-8-17-13/h3-8H,2H2,1H3,(H,19,22)(H,17,18,21). The number of ether oxygens (including phenoxy) is 1. The summed E-state index contributed by atoms with van der Waals surface area (Å²) in [5.41, 5.74) is -0.422. The number of benzene rings is 1. The Labute approximate surface area is 135 Å². The highest BCUT2D eigenvalue weighted by molar-refractivity contribution is 5.91. The number of H-pyrrole nitrogens is 1. The quantitative estimate of drug-likeness (QED) is 0.761. The van der Waals surface area contributed by atoms with Crippen LogP contribution in [0.3, 0.4) is 0 Å². The fourth-order valence-electron chi connectivity index (χ4n) is 2.20. The number of para-hydroxylation sites is 1. The third kappa shape index (κ3) is 2.89. The van der Waals surface area contributed by atoms with Gasteiger partial charge in [-0.25, -0.2) is 9.78 Å². The molecule has 0 atom stereocenters. The molecule has 3 aromatic rings. The van der Waals surface area contributed by atoms with Crippen molar-refractivity contribution in [1.82, 2.24) is 9.97 Å². The van der Waals surface area contributed by atoms with Crippen LogP contribution in [0.5, 0.6) is 0 Å². The molecule has 2 N–H and O–H groups in total. The van der Waals surface area contributed by atoms with Crippen LogP contribution in [0.4, 0.5) is 10.5 Å². The van der Waals surface area contributed by atoms with E-state index in [1.807, 2.05) is 0 Å². The van der Waals surface area contributed by atoms with Crippen LogP contribution in [0.15, 0.2) is 50.7 Å². The van der Waals surface area contributed by atoms with Gasteiger partial charge in [-0.15, -0.1) is 0 Å². The van der Waals surface area contributed by atoms with Gasteiger partial charge >= 0.3 is 6.09 Å². The number of aromatic amines is 1. The molecule has 1 amide bonds. The van der Waals surface area contributed by atoms with E-state index >= 15 is 0 Å². The predicted octanol–water partition coefficient (Wildman–Crippen LogP) is 2.11. The Morgan fingerprint density at radius 2 is 2.12 bits per heavy atom. The second kappa shape index (κ2) is 6.37. The minimum atomic E-state index is -0.632. The lowest BCUT2D eigenvalue weighted by atomic mass is 10.1. The first kappa shape index (κ1) is 15.5. The SMILES string of the molecule is CCOC(=O)Nc1ccccc1-c1cc(=O)c2nc[nH]c(=O)c2o1. The van der Waals surface area contributed by atoms with Crippen molar-refractivity contribution >= 4 is 22.9 Å². The van der Waals surface area contributed by atoms with Gasteiger partial charge in [0, 0.05) is 11.6 Å². The molecule has 0 unspecified atom stereocenters. The van der Waals surface area contributed by atoms with Gasteiger partial charge in [-0.2, -0.15) is 0 Å². The van der Waals surface area contributed by atoms with E-state index in [2.05, 4.69) is 15.3 Å². The Balaban J connectivity index is 2.15. The number of amides is 1. The summed E-state index contributed by atoms with van der Waals surface area (Å²) in [6.45, 7) is 1.91. The summed E-state index contributed by atoms with van der Waals surface area (Å²) >= 11 is 0. The molecule has 2 aromatic heterocycles. The summed E-state index contributed by atoms with van der Waals surface area (Å²) in [4.78, 5) is 41.8.